The van der Waals surface area contributed by atoms with Gasteiger partial charge in [0.25, 0.3) is 0 Å². The van der Waals surface area contributed by atoms with Crippen LogP contribution in [0, 0.1) is 11.8 Å². The van der Waals surface area contributed by atoms with E-state index in [0.29, 0.717) is 0 Å². The summed E-state index contributed by atoms with van der Waals surface area (Å²) in [5.74, 6) is 1.89. The Morgan fingerprint density at radius 1 is 1.27 bits per heavy atom. The Balaban J connectivity index is 1.69. The van der Waals surface area contributed by atoms with Crippen LogP contribution in [-0.4, -0.2) is 37.1 Å². The van der Waals surface area contributed by atoms with Crippen LogP contribution in [0.5, 0.6) is 0 Å². The highest BCUT2D eigenvalue weighted by molar-refractivity contribution is 4.85. The first-order valence-corrected chi connectivity index (χ1v) is 6.75. The first-order chi connectivity index (χ1) is 7.29. The molecule has 1 heterocycles. The van der Waals surface area contributed by atoms with E-state index in [1.165, 1.54) is 51.9 Å². The first kappa shape index (κ1) is 11.4. The number of likely N-dealkylation sites (tertiary alicyclic amines) is 1. The van der Waals surface area contributed by atoms with Crippen molar-refractivity contribution in [2.45, 2.75) is 45.6 Å². The van der Waals surface area contributed by atoms with Crippen LogP contribution >= 0.6 is 0 Å². The molecular formula is C13H26N2. The summed E-state index contributed by atoms with van der Waals surface area (Å²) in [7, 11) is 0. The molecule has 0 spiro atoms. The second kappa shape index (κ2) is 5.31. The molecule has 0 aromatic heterocycles. The molecule has 2 rings (SSSR count). The molecule has 1 saturated heterocycles. The molecule has 2 unspecified atom stereocenters. The molecular weight excluding hydrogens is 184 g/mol. The standard InChI is InChI=1S/C13H26N2/c1-3-7-14-13-6-8-15(9-11(13)2)10-12-4-5-12/h11-14H,3-10H2,1-2H3. The second-order valence-electron chi connectivity index (χ2n) is 5.53. The number of hydrogen-bond donors (Lipinski definition) is 1. The summed E-state index contributed by atoms with van der Waals surface area (Å²) in [5.41, 5.74) is 0. The Morgan fingerprint density at radius 2 is 2.07 bits per heavy atom. The molecule has 2 atom stereocenters. The number of rotatable bonds is 5. The molecule has 1 saturated carbocycles. The summed E-state index contributed by atoms with van der Waals surface area (Å²) in [6.07, 6.45) is 5.59. The van der Waals surface area contributed by atoms with Crippen LogP contribution in [0.2, 0.25) is 0 Å². The zero-order valence-corrected chi connectivity index (χ0v) is 10.3. The van der Waals surface area contributed by atoms with E-state index < -0.39 is 0 Å². The largest absolute Gasteiger partial charge is 0.314 e. The van der Waals surface area contributed by atoms with Crippen molar-refractivity contribution in [2.24, 2.45) is 11.8 Å². The van der Waals surface area contributed by atoms with E-state index in [4.69, 9.17) is 0 Å². The summed E-state index contributed by atoms with van der Waals surface area (Å²) in [6.45, 7) is 9.87. The summed E-state index contributed by atoms with van der Waals surface area (Å²) in [4.78, 5) is 2.69. The average Bonchev–Trinajstić information content (AvgIpc) is 3.01. The third-order valence-electron chi connectivity index (χ3n) is 3.86. The minimum Gasteiger partial charge on any atom is -0.314 e. The zero-order valence-electron chi connectivity index (χ0n) is 10.3. The van der Waals surface area contributed by atoms with Crippen molar-refractivity contribution in [3.8, 4) is 0 Å². The van der Waals surface area contributed by atoms with Crippen LogP contribution in [0.15, 0.2) is 0 Å². The molecule has 88 valence electrons. The third kappa shape index (κ3) is 3.46. The lowest BCUT2D eigenvalue weighted by atomic mass is 9.93. The minimum atomic E-state index is 0.778. The SMILES string of the molecule is CCCNC1CCN(CC2CC2)CC1C. The van der Waals surface area contributed by atoms with Crippen molar-refractivity contribution in [1.82, 2.24) is 10.2 Å². The summed E-state index contributed by atoms with van der Waals surface area (Å²) >= 11 is 0. The number of nitrogens with one attached hydrogen (secondary N) is 1. The normalized spacial score (nSPS) is 33.2. The fourth-order valence-corrected chi connectivity index (χ4v) is 2.70. The smallest absolute Gasteiger partial charge is 0.0117 e. The molecule has 2 aliphatic rings. The van der Waals surface area contributed by atoms with Gasteiger partial charge < -0.3 is 10.2 Å². The number of nitrogens with zero attached hydrogens (tertiary/aromatic N) is 1. The molecule has 1 aliphatic carbocycles. The Hall–Kier alpha value is -0.0800. The van der Waals surface area contributed by atoms with Gasteiger partial charge in [0.2, 0.25) is 0 Å². The fourth-order valence-electron chi connectivity index (χ4n) is 2.70. The fraction of sp³-hybridized carbons (Fsp3) is 1.00. The monoisotopic (exact) mass is 210 g/mol. The van der Waals surface area contributed by atoms with Crippen molar-refractivity contribution in [2.75, 3.05) is 26.2 Å². The van der Waals surface area contributed by atoms with Crippen molar-refractivity contribution in [3.05, 3.63) is 0 Å². The van der Waals surface area contributed by atoms with Crippen molar-refractivity contribution in [3.63, 3.8) is 0 Å². The molecule has 0 amide bonds. The van der Waals surface area contributed by atoms with Crippen LogP contribution in [-0.2, 0) is 0 Å². The highest BCUT2D eigenvalue weighted by atomic mass is 15.2. The molecule has 1 N–H and O–H groups in total. The Labute approximate surface area is 94.4 Å². The lowest BCUT2D eigenvalue weighted by Gasteiger charge is -2.37. The van der Waals surface area contributed by atoms with E-state index in [0.717, 1.165) is 17.9 Å². The van der Waals surface area contributed by atoms with Crippen LogP contribution in [0.4, 0.5) is 0 Å². The molecule has 2 nitrogen and oxygen atoms in total. The van der Waals surface area contributed by atoms with Crippen LogP contribution in [0.3, 0.4) is 0 Å². The molecule has 0 bridgehead atoms. The first-order valence-electron chi connectivity index (χ1n) is 6.75. The van der Waals surface area contributed by atoms with Gasteiger partial charge in [-0.05, 0) is 50.6 Å². The van der Waals surface area contributed by atoms with Gasteiger partial charge in [0, 0.05) is 19.1 Å². The van der Waals surface area contributed by atoms with Crippen molar-refractivity contribution < 1.29 is 0 Å². The van der Waals surface area contributed by atoms with E-state index in [-0.39, 0.29) is 0 Å². The van der Waals surface area contributed by atoms with Gasteiger partial charge in [-0.3, -0.25) is 0 Å². The van der Waals surface area contributed by atoms with E-state index in [1.54, 1.807) is 0 Å². The zero-order chi connectivity index (χ0) is 10.7. The lowest BCUT2D eigenvalue weighted by Crippen LogP contribution is -2.48. The topological polar surface area (TPSA) is 15.3 Å². The average molecular weight is 210 g/mol. The molecule has 2 fully saturated rings. The van der Waals surface area contributed by atoms with Gasteiger partial charge in [0.15, 0.2) is 0 Å². The van der Waals surface area contributed by atoms with Gasteiger partial charge in [0.1, 0.15) is 0 Å². The van der Waals surface area contributed by atoms with Gasteiger partial charge in [-0.1, -0.05) is 13.8 Å². The van der Waals surface area contributed by atoms with Gasteiger partial charge in [-0.2, -0.15) is 0 Å². The van der Waals surface area contributed by atoms with Gasteiger partial charge in [-0.15, -0.1) is 0 Å². The predicted molar refractivity (Wildman–Crippen MR) is 65.0 cm³/mol. The van der Waals surface area contributed by atoms with Crippen molar-refractivity contribution in [1.29, 1.82) is 0 Å². The van der Waals surface area contributed by atoms with Crippen LogP contribution < -0.4 is 5.32 Å². The second-order valence-corrected chi connectivity index (χ2v) is 5.53. The quantitative estimate of drug-likeness (QED) is 0.747. The highest BCUT2D eigenvalue weighted by Crippen LogP contribution is 2.31. The Bertz CT molecular complexity index is 189. The van der Waals surface area contributed by atoms with E-state index in [2.05, 4.69) is 24.1 Å². The molecule has 0 aromatic rings. The lowest BCUT2D eigenvalue weighted by molar-refractivity contribution is 0.142. The van der Waals surface area contributed by atoms with Gasteiger partial charge in [0.05, 0.1) is 0 Å². The minimum absolute atomic E-state index is 0.778. The molecule has 1 aliphatic heterocycles. The summed E-state index contributed by atoms with van der Waals surface area (Å²) in [6, 6.07) is 0.778. The van der Waals surface area contributed by atoms with E-state index in [9.17, 15) is 0 Å². The van der Waals surface area contributed by atoms with E-state index >= 15 is 0 Å². The number of piperidine rings is 1. The Kier molecular flexibility index (Phi) is 4.04. The van der Waals surface area contributed by atoms with Gasteiger partial charge >= 0.3 is 0 Å². The maximum absolute atomic E-state index is 3.68. The van der Waals surface area contributed by atoms with Crippen LogP contribution in [0.25, 0.3) is 0 Å². The molecule has 0 aromatic carbocycles. The Morgan fingerprint density at radius 3 is 2.67 bits per heavy atom. The summed E-state index contributed by atoms with van der Waals surface area (Å²) < 4.78 is 0. The maximum atomic E-state index is 3.68. The predicted octanol–water partition coefficient (Wildman–Crippen LogP) is 2.11. The molecule has 2 heteroatoms. The van der Waals surface area contributed by atoms with E-state index in [1.807, 2.05) is 0 Å². The number of hydrogen-bond acceptors (Lipinski definition) is 2. The summed E-state index contributed by atoms with van der Waals surface area (Å²) in [5, 5.41) is 3.68. The third-order valence-corrected chi connectivity index (χ3v) is 3.86. The molecule has 0 radical (unpaired) electrons. The maximum Gasteiger partial charge on any atom is 0.0117 e. The molecule has 15 heavy (non-hydrogen) atoms. The van der Waals surface area contributed by atoms with Gasteiger partial charge in [-0.25, -0.2) is 0 Å². The van der Waals surface area contributed by atoms with Crippen LogP contribution in [0.1, 0.15) is 39.5 Å². The van der Waals surface area contributed by atoms with Crippen molar-refractivity contribution >= 4 is 0 Å². The highest BCUT2D eigenvalue weighted by Gasteiger charge is 2.29.